The molecule has 0 radical (unpaired) electrons. The Morgan fingerprint density at radius 2 is 0.505 bits per heavy atom. The first-order chi connectivity index (χ1) is 51.2. The maximum absolute atomic E-state index is 12.9. The number of unbranched alkanes of at least 4 members (excludes halogenated alkanes) is 36. The molecule has 0 spiro atoms. The van der Waals surface area contributed by atoms with Crippen LogP contribution in [0.1, 0.15) is 355 Å². The van der Waals surface area contributed by atoms with E-state index in [0.717, 1.165) is 141 Å². The summed E-state index contributed by atoms with van der Waals surface area (Å²) in [6.07, 6.45) is 95.5. The van der Waals surface area contributed by atoms with Crippen molar-refractivity contribution in [1.82, 2.24) is 0 Å². The van der Waals surface area contributed by atoms with Crippen LogP contribution in [0.3, 0.4) is 0 Å². The molecule has 0 bridgehead atoms. The fourth-order valence-electron chi connectivity index (χ4n) is 11.3. The van der Waals surface area contributed by atoms with E-state index in [-0.39, 0.29) is 19.3 Å². The summed E-state index contributed by atoms with van der Waals surface area (Å²) in [5, 5.41) is 20.6. The van der Waals surface area contributed by atoms with Crippen molar-refractivity contribution >= 4 is 33.6 Å². The van der Waals surface area contributed by atoms with E-state index in [9.17, 15) is 43.5 Å². The fourth-order valence-corrected chi connectivity index (χ4v) is 12.9. The topological polar surface area (TPSA) is 231 Å². The van der Waals surface area contributed by atoms with Crippen molar-refractivity contribution in [2.75, 3.05) is 39.6 Å². The first-order valence-corrected chi connectivity index (χ1v) is 44.8. The molecule has 0 amide bonds. The number of carbonyl (C=O) groups excluding carboxylic acids is 3. The van der Waals surface area contributed by atoms with E-state index in [0.29, 0.717) is 19.3 Å². The molecule has 0 aromatic carbocycles. The molecule has 5 atom stereocenters. The Labute approximate surface area is 640 Å². The molecule has 606 valence electrons. The third-order valence-electron chi connectivity index (χ3n) is 17.7. The molecule has 0 heterocycles. The Kier molecular flexibility index (Phi) is 76.4. The summed E-state index contributed by atoms with van der Waals surface area (Å²) >= 11 is 0. The summed E-state index contributed by atoms with van der Waals surface area (Å²) in [5.41, 5.74) is 0. The lowest BCUT2D eigenvalue weighted by atomic mass is 10.0. The normalized spacial score (nSPS) is 14.5. The van der Waals surface area contributed by atoms with Gasteiger partial charge in [0.25, 0.3) is 0 Å². The number of aliphatic hydroxyl groups is 2. The van der Waals surface area contributed by atoms with E-state index in [1.165, 1.54) is 154 Å². The van der Waals surface area contributed by atoms with Crippen LogP contribution in [-0.2, 0) is 55.8 Å². The first-order valence-electron chi connectivity index (χ1n) is 41.8. The molecule has 0 fully saturated rings. The highest BCUT2D eigenvalue weighted by Crippen LogP contribution is 2.45. The number of aliphatic hydroxyl groups excluding tert-OH is 2. The van der Waals surface area contributed by atoms with Crippen molar-refractivity contribution < 1.29 is 75.8 Å². The summed E-state index contributed by atoms with van der Waals surface area (Å²) < 4.78 is 61.2. The average molecular weight is 1520 g/mol. The third kappa shape index (κ3) is 80.8. The minimum absolute atomic E-state index is 0.106. The number of allylic oxidation sites excluding steroid dienone is 20. The zero-order chi connectivity index (χ0) is 76.6. The second kappa shape index (κ2) is 79.5. The largest absolute Gasteiger partial charge is 0.472 e. The van der Waals surface area contributed by atoms with Crippen LogP contribution in [0.4, 0.5) is 0 Å². The lowest BCUT2D eigenvalue weighted by Crippen LogP contribution is -2.30. The molecule has 4 N–H and O–H groups in total. The minimum Gasteiger partial charge on any atom is -0.463 e. The predicted molar refractivity (Wildman–Crippen MR) is 436 cm³/mol. The molecule has 0 aromatic heterocycles. The molecule has 0 saturated carbocycles. The summed E-state index contributed by atoms with van der Waals surface area (Å²) in [6.45, 7) is 2.56. The summed E-state index contributed by atoms with van der Waals surface area (Å²) in [6, 6.07) is 0. The SMILES string of the molecule is CC/C=C\C/C=C\C/C=C\C/C=C\C/C=C\C/C=C\CCCCCCCCCCCCCCCCC(=O)OCC(O)COP(=O)(O)OCC(O)COP(=O)(O)OCC(COC(=O)CCCCCCCCCCC/C=C\C/C=C\C/C=C\C/C=C\CCCCC)OC(=O)CCCCCCCCCCCCC. The molecule has 0 aliphatic rings. The maximum atomic E-state index is 12.9. The fraction of sp³-hybridized carbons (Fsp3) is 0.736. The third-order valence-corrected chi connectivity index (χ3v) is 19.6. The van der Waals surface area contributed by atoms with Gasteiger partial charge in [0, 0.05) is 19.3 Å². The van der Waals surface area contributed by atoms with Crippen molar-refractivity contribution in [3.63, 3.8) is 0 Å². The van der Waals surface area contributed by atoms with E-state index >= 15 is 0 Å². The molecular formula is C87H152O16P2. The smallest absolute Gasteiger partial charge is 0.463 e. The molecule has 0 rings (SSSR count). The van der Waals surface area contributed by atoms with Gasteiger partial charge in [-0.05, 0) is 116 Å². The van der Waals surface area contributed by atoms with Crippen molar-refractivity contribution in [2.24, 2.45) is 0 Å². The molecule has 105 heavy (non-hydrogen) atoms. The zero-order valence-corrected chi connectivity index (χ0v) is 68.2. The van der Waals surface area contributed by atoms with Crippen LogP contribution < -0.4 is 0 Å². The number of hydrogen-bond acceptors (Lipinski definition) is 14. The van der Waals surface area contributed by atoms with Crippen LogP contribution in [0.25, 0.3) is 0 Å². The second-order valence-corrected chi connectivity index (χ2v) is 30.8. The summed E-state index contributed by atoms with van der Waals surface area (Å²) in [5.74, 6) is -1.57. The minimum atomic E-state index is -4.93. The molecule has 0 aliphatic carbocycles. The van der Waals surface area contributed by atoms with Crippen molar-refractivity contribution in [2.45, 2.75) is 373 Å². The molecule has 5 unspecified atom stereocenters. The Morgan fingerprint density at radius 3 is 0.819 bits per heavy atom. The number of rotatable bonds is 79. The van der Waals surface area contributed by atoms with Gasteiger partial charge in [-0.15, -0.1) is 0 Å². The van der Waals surface area contributed by atoms with Gasteiger partial charge in [-0.2, -0.15) is 0 Å². The van der Waals surface area contributed by atoms with Crippen molar-refractivity contribution in [3.8, 4) is 0 Å². The van der Waals surface area contributed by atoms with Crippen molar-refractivity contribution in [1.29, 1.82) is 0 Å². The number of esters is 3. The number of hydrogen-bond donors (Lipinski definition) is 4. The number of carbonyl (C=O) groups is 3. The molecule has 0 aliphatic heterocycles. The number of phosphoric ester groups is 2. The monoisotopic (exact) mass is 1520 g/mol. The average Bonchev–Trinajstić information content (AvgIpc) is 0.933. The Hall–Kier alpha value is -4.05. The molecular weight excluding hydrogens is 1360 g/mol. The van der Waals surface area contributed by atoms with Gasteiger partial charge in [-0.1, -0.05) is 341 Å². The Morgan fingerprint density at radius 1 is 0.276 bits per heavy atom. The number of phosphoric acid groups is 2. The van der Waals surface area contributed by atoms with Crippen LogP contribution in [0.15, 0.2) is 122 Å². The van der Waals surface area contributed by atoms with E-state index in [1.54, 1.807) is 0 Å². The van der Waals surface area contributed by atoms with E-state index < -0.39 is 91.5 Å². The van der Waals surface area contributed by atoms with Crippen molar-refractivity contribution in [3.05, 3.63) is 122 Å². The Bertz CT molecular complexity index is 2390. The highest BCUT2D eigenvalue weighted by Gasteiger charge is 2.29. The van der Waals surface area contributed by atoms with Gasteiger partial charge >= 0.3 is 33.6 Å². The number of ether oxygens (including phenoxy) is 3. The first kappa shape index (κ1) is 101. The lowest BCUT2D eigenvalue weighted by molar-refractivity contribution is -0.161. The summed E-state index contributed by atoms with van der Waals surface area (Å²) in [7, 11) is -9.78. The van der Waals surface area contributed by atoms with Gasteiger partial charge in [-0.25, -0.2) is 9.13 Å². The maximum Gasteiger partial charge on any atom is 0.472 e. The van der Waals surface area contributed by atoms with Gasteiger partial charge in [0.05, 0.1) is 26.4 Å². The van der Waals surface area contributed by atoms with E-state index in [4.69, 9.17) is 32.3 Å². The second-order valence-electron chi connectivity index (χ2n) is 27.9. The molecule has 0 saturated heterocycles. The van der Waals surface area contributed by atoms with Crippen LogP contribution in [0.2, 0.25) is 0 Å². The van der Waals surface area contributed by atoms with Crippen LogP contribution in [0.5, 0.6) is 0 Å². The molecule has 18 heteroatoms. The van der Waals surface area contributed by atoms with Crippen LogP contribution in [-0.4, -0.2) is 95.9 Å². The van der Waals surface area contributed by atoms with Gasteiger partial charge in [-0.3, -0.25) is 32.5 Å². The quantitative estimate of drug-likeness (QED) is 0.0146. The van der Waals surface area contributed by atoms with Gasteiger partial charge in [0.15, 0.2) is 6.10 Å². The molecule has 0 aromatic rings. The highest BCUT2D eigenvalue weighted by atomic mass is 31.2. The van der Waals surface area contributed by atoms with Gasteiger partial charge in [0.1, 0.15) is 25.4 Å². The summed E-state index contributed by atoms with van der Waals surface area (Å²) in [4.78, 5) is 58.6. The van der Waals surface area contributed by atoms with Gasteiger partial charge in [0.2, 0.25) is 0 Å². The zero-order valence-electron chi connectivity index (χ0n) is 66.4. The highest BCUT2D eigenvalue weighted by molar-refractivity contribution is 7.47. The standard InChI is InChI=1S/C87H152O16P2/c1-4-7-10-13-16-19-22-24-26-28-30-32-34-36-37-38-39-40-41-42-43-45-47-48-50-52-54-56-59-61-64-67-70-73-85(90)97-76-82(88)77-99-104(93,94)100-78-83(89)79-101-105(95,96)102-81-84(103-87(92)75-72-69-66-63-58-21-18-15-12-9-6-3)80-98-86(91)74-71-68-65-62-60-57-55-53-51-49-46-44-35-33-31-29-27-25-23-20-17-14-11-8-5-2/h7,10,16-17,19-20,24-27,30-33,36-37,39-40,44,46,82-84,88-89H,4-6,8-9,11-15,18,21-23,28-29,34-35,38,41-43,45,47-81H2,1-3H3,(H,93,94)(H,95,96)/b10-7-,19-16-,20-17-,26-24-,27-25-,32-30-,33-31-,37-36-,40-39-,46-44-. The van der Waals surface area contributed by atoms with E-state index in [1.807, 2.05) is 0 Å². The van der Waals surface area contributed by atoms with Gasteiger partial charge < -0.3 is 34.2 Å². The Balaban J connectivity index is 4.38. The predicted octanol–water partition coefficient (Wildman–Crippen LogP) is 24.9. The lowest BCUT2D eigenvalue weighted by Gasteiger charge is -2.21. The van der Waals surface area contributed by atoms with E-state index in [2.05, 4.69) is 142 Å². The van der Waals surface area contributed by atoms with Crippen LogP contribution in [0, 0.1) is 0 Å². The van der Waals surface area contributed by atoms with Crippen LogP contribution >= 0.6 is 15.6 Å². The molecule has 16 nitrogen and oxygen atoms in total.